The maximum Gasteiger partial charge on any atom is 0.221 e. The Morgan fingerprint density at radius 2 is 2.29 bits per heavy atom. The van der Waals surface area contributed by atoms with Gasteiger partial charge in [0, 0.05) is 32.7 Å². The van der Waals surface area contributed by atoms with E-state index in [0.29, 0.717) is 26.2 Å². The zero-order valence-corrected chi connectivity index (χ0v) is 12.1. The number of amides is 1. The number of nitrogens with one attached hydrogen (secondary N) is 2. The number of carbonyl (C=O) groups is 1. The van der Waals surface area contributed by atoms with Crippen molar-refractivity contribution in [3.63, 3.8) is 0 Å². The number of halogens is 1. The van der Waals surface area contributed by atoms with Gasteiger partial charge in [0.1, 0.15) is 5.82 Å². The third kappa shape index (κ3) is 5.08. The minimum atomic E-state index is -0.291. The van der Waals surface area contributed by atoms with Crippen LogP contribution in [-0.2, 0) is 14.3 Å². The second kappa shape index (κ2) is 8.07. The molecule has 0 saturated carbocycles. The summed E-state index contributed by atoms with van der Waals surface area (Å²) in [6.07, 6.45) is 0.0879. The number of ether oxygens (including phenoxy) is 2. The van der Waals surface area contributed by atoms with Crippen LogP contribution in [-0.4, -0.2) is 45.4 Å². The van der Waals surface area contributed by atoms with E-state index in [1.165, 1.54) is 12.1 Å². The molecule has 2 rings (SSSR count). The lowest BCUT2D eigenvalue weighted by Crippen LogP contribution is -2.44. The maximum absolute atomic E-state index is 12.9. The maximum atomic E-state index is 12.9. The van der Waals surface area contributed by atoms with E-state index in [1.54, 1.807) is 19.2 Å². The molecule has 5 nitrogen and oxygen atoms in total. The van der Waals surface area contributed by atoms with Crippen molar-refractivity contribution in [3.05, 3.63) is 35.6 Å². The van der Waals surface area contributed by atoms with Gasteiger partial charge < -0.3 is 20.1 Å². The van der Waals surface area contributed by atoms with Gasteiger partial charge in [0.05, 0.1) is 19.3 Å². The van der Waals surface area contributed by atoms with Crippen molar-refractivity contribution >= 4 is 5.91 Å². The Balaban J connectivity index is 1.79. The highest BCUT2D eigenvalue weighted by molar-refractivity contribution is 5.76. The zero-order chi connectivity index (χ0) is 15.1. The summed E-state index contributed by atoms with van der Waals surface area (Å²) in [5.74, 6) is -0.344. The highest BCUT2D eigenvalue weighted by Crippen LogP contribution is 2.16. The molecule has 1 amide bonds. The summed E-state index contributed by atoms with van der Waals surface area (Å²) in [5.41, 5.74) is 0.832. The van der Waals surface area contributed by atoms with E-state index in [1.807, 2.05) is 0 Å². The van der Waals surface area contributed by atoms with E-state index in [4.69, 9.17) is 9.47 Å². The molecule has 1 aromatic carbocycles. The van der Waals surface area contributed by atoms with E-state index in [0.717, 1.165) is 12.1 Å². The molecule has 1 aliphatic heterocycles. The van der Waals surface area contributed by atoms with Crippen molar-refractivity contribution in [2.75, 3.05) is 33.4 Å². The van der Waals surface area contributed by atoms with Gasteiger partial charge in [-0.25, -0.2) is 4.39 Å². The SMILES string of the molecule is COC(CNC(=O)CC1COCCN1)c1ccc(F)cc1. The Morgan fingerprint density at radius 3 is 2.90 bits per heavy atom. The number of benzene rings is 1. The fourth-order valence-corrected chi connectivity index (χ4v) is 2.27. The molecular weight excluding hydrogens is 275 g/mol. The summed E-state index contributed by atoms with van der Waals surface area (Å²) in [6, 6.07) is 6.14. The molecule has 0 aromatic heterocycles. The van der Waals surface area contributed by atoms with E-state index in [2.05, 4.69) is 10.6 Å². The van der Waals surface area contributed by atoms with Gasteiger partial charge in [-0.05, 0) is 17.7 Å². The summed E-state index contributed by atoms with van der Waals surface area (Å²) in [6.45, 7) is 2.37. The molecule has 1 aromatic rings. The van der Waals surface area contributed by atoms with Crippen molar-refractivity contribution in [3.8, 4) is 0 Å². The minimum Gasteiger partial charge on any atom is -0.378 e. The lowest BCUT2D eigenvalue weighted by molar-refractivity contribution is -0.122. The van der Waals surface area contributed by atoms with Crippen molar-refractivity contribution in [2.45, 2.75) is 18.6 Å². The average Bonchev–Trinajstić information content (AvgIpc) is 2.50. The molecule has 2 N–H and O–H groups in total. The molecular formula is C15H21FN2O3. The Labute approximate surface area is 123 Å². The summed E-state index contributed by atoms with van der Waals surface area (Å²) in [4.78, 5) is 11.9. The van der Waals surface area contributed by atoms with Crippen LogP contribution >= 0.6 is 0 Å². The monoisotopic (exact) mass is 296 g/mol. The van der Waals surface area contributed by atoms with Gasteiger partial charge in [-0.2, -0.15) is 0 Å². The van der Waals surface area contributed by atoms with Crippen LogP contribution in [0.1, 0.15) is 18.1 Å². The summed E-state index contributed by atoms with van der Waals surface area (Å²) < 4.78 is 23.5. The van der Waals surface area contributed by atoms with Gasteiger partial charge in [0.15, 0.2) is 0 Å². The van der Waals surface area contributed by atoms with Crippen LogP contribution in [0.2, 0.25) is 0 Å². The first-order valence-electron chi connectivity index (χ1n) is 7.05. The summed E-state index contributed by atoms with van der Waals surface area (Å²) >= 11 is 0. The quantitative estimate of drug-likeness (QED) is 0.822. The third-order valence-electron chi connectivity index (χ3n) is 3.44. The number of morpholine rings is 1. The van der Waals surface area contributed by atoms with E-state index in [9.17, 15) is 9.18 Å². The fraction of sp³-hybridized carbons (Fsp3) is 0.533. The van der Waals surface area contributed by atoms with Crippen LogP contribution in [0.4, 0.5) is 4.39 Å². The molecule has 1 aliphatic rings. The number of methoxy groups -OCH3 is 1. The summed E-state index contributed by atoms with van der Waals surface area (Å²) in [7, 11) is 1.57. The van der Waals surface area contributed by atoms with Crippen molar-refractivity contribution in [1.29, 1.82) is 0 Å². The molecule has 1 fully saturated rings. The lowest BCUT2D eigenvalue weighted by Gasteiger charge is -2.23. The standard InChI is InChI=1S/C15H21FN2O3/c1-20-14(11-2-4-12(16)5-3-11)9-18-15(19)8-13-10-21-7-6-17-13/h2-5,13-14,17H,6-10H2,1H3,(H,18,19). The fourth-order valence-electron chi connectivity index (χ4n) is 2.27. The zero-order valence-electron chi connectivity index (χ0n) is 12.1. The minimum absolute atomic E-state index is 0.0536. The first-order valence-corrected chi connectivity index (χ1v) is 7.05. The second-order valence-electron chi connectivity index (χ2n) is 5.01. The molecule has 6 heteroatoms. The van der Waals surface area contributed by atoms with Crippen LogP contribution in [0.5, 0.6) is 0 Å². The molecule has 2 atom stereocenters. The topological polar surface area (TPSA) is 59.6 Å². The molecule has 2 unspecified atom stereocenters. The van der Waals surface area contributed by atoms with Crippen LogP contribution in [0.3, 0.4) is 0 Å². The molecule has 0 bridgehead atoms. The van der Waals surface area contributed by atoms with E-state index >= 15 is 0 Å². The van der Waals surface area contributed by atoms with Crippen LogP contribution in [0.25, 0.3) is 0 Å². The first kappa shape index (κ1) is 15.9. The highest BCUT2D eigenvalue weighted by Gasteiger charge is 2.18. The predicted octanol–water partition coefficient (Wildman–Crippen LogP) is 1.01. The number of carbonyl (C=O) groups excluding carboxylic acids is 1. The van der Waals surface area contributed by atoms with Crippen molar-refractivity contribution in [1.82, 2.24) is 10.6 Å². The van der Waals surface area contributed by atoms with Crippen LogP contribution in [0, 0.1) is 5.82 Å². The predicted molar refractivity (Wildman–Crippen MR) is 76.4 cm³/mol. The first-order chi connectivity index (χ1) is 10.2. The Kier molecular flexibility index (Phi) is 6.10. The van der Waals surface area contributed by atoms with Crippen molar-refractivity contribution < 1.29 is 18.7 Å². The molecule has 0 spiro atoms. The Bertz CT molecular complexity index is 447. The van der Waals surface area contributed by atoms with E-state index < -0.39 is 0 Å². The summed E-state index contributed by atoms with van der Waals surface area (Å²) in [5, 5.41) is 6.07. The number of rotatable bonds is 6. The highest BCUT2D eigenvalue weighted by atomic mass is 19.1. The van der Waals surface area contributed by atoms with Crippen LogP contribution < -0.4 is 10.6 Å². The van der Waals surface area contributed by atoms with Crippen LogP contribution in [0.15, 0.2) is 24.3 Å². The smallest absolute Gasteiger partial charge is 0.221 e. The van der Waals surface area contributed by atoms with Gasteiger partial charge in [-0.1, -0.05) is 12.1 Å². The number of hydrogen-bond acceptors (Lipinski definition) is 4. The van der Waals surface area contributed by atoms with Gasteiger partial charge in [0.25, 0.3) is 0 Å². The number of hydrogen-bond donors (Lipinski definition) is 2. The van der Waals surface area contributed by atoms with Gasteiger partial charge in [-0.15, -0.1) is 0 Å². The molecule has 21 heavy (non-hydrogen) atoms. The van der Waals surface area contributed by atoms with E-state index in [-0.39, 0.29) is 23.9 Å². The second-order valence-corrected chi connectivity index (χ2v) is 5.01. The van der Waals surface area contributed by atoms with Gasteiger partial charge >= 0.3 is 0 Å². The van der Waals surface area contributed by atoms with Gasteiger partial charge in [-0.3, -0.25) is 4.79 Å². The molecule has 1 heterocycles. The largest absolute Gasteiger partial charge is 0.378 e. The lowest BCUT2D eigenvalue weighted by atomic mass is 10.1. The molecule has 1 saturated heterocycles. The van der Waals surface area contributed by atoms with Crippen molar-refractivity contribution in [2.24, 2.45) is 0 Å². The van der Waals surface area contributed by atoms with Gasteiger partial charge in [0.2, 0.25) is 5.91 Å². The Morgan fingerprint density at radius 1 is 1.52 bits per heavy atom. The average molecular weight is 296 g/mol. The normalized spacial score (nSPS) is 20.0. The molecule has 0 radical (unpaired) electrons. The molecule has 0 aliphatic carbocycles. The molecule has 116 valence electrons. The Hall–Kier alpha value is -1.50. The third-order valence-corrected chi connectivity index (χ3v) is 3.44.